The topological polar surface area (TPSA) is 46.3 Å². The molecule has 1 amide bonds. The second-order valence-corrected chi connectivity index (χ2v) is 5.12. The minimum absolute atomic E-state index is 0.0223. The van der Waals surface area contributed by atoms with E-state index in [0.717, 1.165) is 17.1 Å². The first kappa shape index (κ1) is 14.6. The van der Waals surface area contributed by atoms with Gasteiger partial charge in [-0.15, -0.1) is 0 Å². The standard InChI is InChI=1S/C13H18F2N2O/c1-5-9-10(14)6-8(7-11(9)15)12(18)17(16)13(2,3)4/h6-7H,5,16H2,1-4H3. The molecule has 0 aliphatic heterocycles. The molecule has 1 rings (SSSR count). The number of benzene rings is 1. The molecule has 1 aromatic carbocycles. The molecule has 1 aromatic rings. The van der Waals surface area contributed by atoms with E-state index >= 15 is 0 Å². The van der Waals surface area contributed by atoms with Crippen LogP contribution in [0.15, 0.2) is 12.1 Å². The Hall–Kier alpha value is -1.49. The van der Waals surface area contributed by atoms with E-state index in [4.69, 9.17) is 5.84 Å². The quantitative estimate of drug-likeness (QED) is 0.502. The highest BCUT2D eigenvalue weighted by Crippen LogP contribution is 2.19. The predicted octanol–water partition coefficient (Wildman–Crippen LogP) is 2.64. The lowest BCUT2D eigenvalue weighted by Gasteiger charge is -2.31. The molecule has 0 aliphatic rings. The first-order chi connectivity index (χ1) is 8.18. The highest BCUT2D eigenvalue weighted by molar-refractivity contribution is 5.94. The fourth-order valence-electron chi connectivity index (χ4n) is 1.51. The van der Waals surface area contributed by atoms with Crippen molar-refractivity contribution in [3.63, 3.8) is 0 Å². The molecule has 2 N–H and O–H groups in total. The van der Waals surface area contributed by atoms with Crippen LogP contribution in [0.25, 0.3) is 0 Å². The molecule has 0 spiro atoms. The molecule has 0 saturated heterocycles. The van der Waals surface area contributed by atoms with E-state index in [2.05, 4.69) is 0 Å². The van der Waals surface area contributed by atoms with Crippen LogP contribution in [0, 0.1) is 11.6 Å². The minimum atomic E-state index is -0.719. The van der Waals surface area contributed by atoms with Crippen LogP contribution in [-0.2, 0) is 6.42 Å². The maximum Gasteiger partial charge on any atom is 0.268 e. The monoisotopic (exact) mass is 256 g/mol. The molecule has 0 atom stereocenters. The minimum Gasteiger partial charge on any atom is -0.271 e. The van der Waals surface area contributed by atoms with Gasteiger partial charge in [-0.25, -0.2) is 14.6 Å². The number of carbonyl (C=O) groups excluding carboxylic acids is 1. The third-order valence-electron chi connectivity index (χ3n) is 2.68. The summed E-state index contributed by atoms with van der Waals surface area (Å²) in [6, 6.07) is 2.05. The average Bonchev–Trinajstić information content (AvgIpc) is 2.25. The molecule has 0 aromatic heterocycles. The van der Waals surface area contributed by atoms with Crippen LogP contribution >= 0.6 is 0 Å². The summed E-state index contributed by atoms with van der Waals surface area (Å²) in [6.07, 6.45) is 0.234. The van der Waals surface area contributed by atoms with E-state index in [1.54, 1.807) is 27.7 Å². The summed E-state index contributed by atoms with van der Waals surface area (Å²) in [4.78, 5) is 12.0. The molecule has 5 heteroatoms. The Bertz CT molecular complexity index is 444. The van der Waals surface area contributed by atoms with Crippen LogP contribution in [0.2, 0.25) is 0 Å². The first-order valence-electron chi connectivity index (χ1n) is 5.75. The lowest BCUT2D eigenvalue weighted by atomic mass is 10.0. The van der Waals surface area contributed by atoms with Gasteiger partial charge in [-0.3, -0.25) is 9.80 Å². The number of nitrogens with zero attached hydrogens (tertiary/aromatic N) is 1. The molecule has 0 fully saturated rings. The number of carbonyl (C=O) groups is 1. The van der Waals surface area contributed by atoms with Gasteiger partial charge >= 0.3 is 0 Å². The van der Waals surface area contributed by atoms with Gasteiger partial charge in [0.1, 0.15) is 11.6 Å². The van der Waals surface area contributed by atoms with Crippen molar-refractivity contribution < 1.29 is 13.6 Å². The number of rotatable bonds is 2. The van der Waals surface area contributed by atoms with Crippen molar-refractivity contribution in [3.8, 4) is 0 Å². The van der Waals surface area contributed by atoms with Crippen LogP contribution in [0.1, 0.15) is 43.6 Å². The van der Waals surface area contributed by atoms with Gasteiger partial charge in [0, 0.05) is 11.1 Å². The third-order valence-corrected chi connectivity index (χ3v) is 2.68. The maximum absolute atomic E-state index is 13.6. The predicted molar refractivity (Wildman–Crippen MR) is 65.8 cm³/mol. The van der Waals surface area contributed by atoms with Gasteiger partial charge in [-0.1, -0.05) is 6.92 Å². The molecular formula is C13H18F2N2O. The molecule has 3 nitrogen and oxygen atoms in total. The number of halogens is 2. The van der Waals surface area contributed by atoms with Crippen LogP contribution in [0.4, 0.5) is 8.78 Å². The summed E-state index contributed by atoms with van der Waals surface area (Å²) in [5.41, 5.74) is -0.724. The molecule has 0 heterocycles. The summed E-state index contributed by atoms with van der Waals surface area (Å²) in [5.74, 6) is 3.59. The Balaban J connectivity index is 3.16. The zero-order valence-corrected chi connectivity index (χ0v) is 11.1. The Kier molecular flexibility index (Phi) is 4.06. The van der Waals surface area contributed by atoms with Crippen molar-refractivity contribution in [1.82, 2.24) is 5.01 Å². The number of hydrogen-bond acceptors (Lipinski definition) is 2. The SMILES string of the molecule is CCc1c(F)cc(C(=O)N(N)C(C)(C)C)cc1F. The maximum atomic E-state index is 13.6. The first-order valence-corrected chi connectivity index (χ1v) is 5.75. The molecule has 0 unspecified atom stereocenters. The van der Waals surface area contributed by atoms with E-state index in [1.165, 1.54) is 0 Å². The van der Waals surface area contributed by atoms with Crippen molar-refractivity contribution in [1.29, 1.82) is 0 Å². The Morgan fingerprint density at radius 1 is 1.28 bits per heavy atom. The van der Waals surface area contributed by atoms with Gasteiger partial charge in [0.25, 0.3) is 5.91 Å². The highest BCUT2D eigenvalue weighted by Gasteiger charge is 2.25. The smallest absolute Gasteiger partial charge is 0.268 e. The summed E-state index contributed by atoms with van der Waals surface area (Å²) in [5, 5.41) is 0.965. The molecule has 18 heavy (non-hydrogen) atoms. The molecule has 0 radical (unpaired) electrons. The van der Waals surface area contributed by atoms with E-state index in [9.17, 15) is 13.6 Å². The zero-order chi connectivity index (χ0) is 14.1. The molecule has 0 saturated carbocycles. The Morgan fingerprint density at radius 3 is 2.06 bits per heavy atom. The van der Waals surface area contributed by atoms with E-state index in [-0.39, 0.29) is 17.5 Å². The fraction of sp³-hybridized carbons (Fsp3) is 0.462. The number of nitrogens with two attached hydrogens (primary N) is 1. The average molecular weight is 256 g/mol. The third kappa shape index (κ3) is 2.85. The van der Waals surface area contributed by atoms with Gasteiger partial charge in [0.15, 0.2) is 0 Å². The fourth-order valence-corrected chi connectivity index (χ4v) is 1.51. The van der Waals surface area contributed by atoms with Crippen molar-refractivity contribution in [2.75, 3.05) is 0 Å². The Labute approximate surface area is 106 Å². The lowest BCUT2D eigenvalue weighted by molar-refractivity contribution is 0.0580. The molecule has 100 valence electrons. The highest BCUT2D eigenvalue weighted by atomic mass is 19.1. The molecule has 0 bridgehead atoms. The van der Waals surface area contributed by atoms with Crippen LogP contribution in [-0.4, -0.2) is 16.5 Å². The van der Waals surface area contributed by atoms with Crippen molar-refractivity contribution in [2.24, 2.45) is 5.84 Å². The van der Waals surface area contributed by atoms with Crippen LogP contribution in [0.5, 0.6) is 0 Å². The summed E-state index contributed by atoms with van der Waals surface area (Å²) in [7, 11) is 0. The van der Waals surface area contributed by atoms with Crippen molar-refractivity contribution >= 4 is 5.91 Å². The second-order valence-electron chi connectivity index (χ2n) is 5.12. The largest absolute Gasteiger partial charge is 0.271 e. The van der Waals surface area contributed by atoms with Gasteiger partial charge in [0.2, 0.25) is 0 Å². The number of hydrazine groups is 1. The van der Waals surface area contributed by atoms with Gasteiger partial charge in [-0.2, -0.15) is 0 Å². The van der Waals surface area contributed by atoms with E-state index < -0.39 is 23.1 Å². The van der Waals surface area contributed by atoms with Crippen molar-refractivity contribution in [3.05, 3.63) is 34.9 Å². The van der Waals surface area contributed by atoms with Gasteiger partial charge in [0.05, 0.1) is 5.54 Å². The van der Waals surface area contributed by atoms with E-state index in [0.29, 0.717) is 0 Å². The molecule has 0 aliphatic carbocycles. The second kappa shape index (κ2) is 5.02. The Morgan fingerprint density at radius 2 is 1.72 bits per heavy atom. The number of amides is 1. The lowest BCUT2D eigenvalue weighted by Crippen LogP contribution is -2.50. The molecular weight excluding hydrogens is 238 g/mol. The summed E-state index contributed by atoms with van der Waals surface area (Å²) >= 11 is 0. The van der Waals surface area contributed by atoms with Crippen LogP contribution < -0.4 is 5.84 Å². The summed E-state index contributed by atoms with van der Waals surface area (Å²) < 4.78 is 27.2. The normalized spacial score (nSPS) is 11.5. The van der Waals surface area contributed by atoms with Crippen molar-refractivity contribution in [2.45, 2.75) is 39.7 Å². The number of hydrogen-bond donors (Lipinski definition) is 1. The summed E-state index contributed by atoms with van der Waals surface area (Å²) in [6.45, 7) is 6.85. The van der Waals surface area contributed by atoms with E-state index in [1.807, 2.05) is 0 Å². The van der Waals surface area contributed by atoms with Crippen LogP contribution in [0.3, 0.4) is 0 Å². The zero-order valence-electron chi connectivity index (χ0n) is 11.1. The van der Waals surface area contributed by atoms with Gasteiger partial charge in [-0.05, 0) is 39.3 Å². The van der Waals surface area contributed by atoms with Gasteiger partial charge < -0.3 is 0 Å².